The van der Waals surface area contributed by atoms with Crippen LogP contribution in [0.3, 0.4) is 0 Å². The molecule has 5 heteroatoms. The van der Waals surface area contributed by atoms with Crippen LogP contribution in [0.25, 0.3) is 0 Å². The Hall–Kier alpha value is -1.07. The molecule has 1 unspecified atom stereocenters. The minimum absolute atomic E-state index is 0.364. The van der Waals surface area contributed by atoms with Crippen molar-refractivity contribution in [3.05, 3.63) is 23.8 Å². The van der Waals surface area contributed by atoms with Gasteiger partial charge in [0.25, 0.3) is 0 Å². The Morgan fingerprint density at radius 3 is 2.95 bits per heavy atom. The van der Waals surface area contributed by atoms with E-state index in [0.29, 0.717) is 23.3 Å². The summed E-state index contributed by atoms with van der Waals surface area (Å²) in [5.74, 6) is 1.15. The molecule has 2 aliphatic rings. The second kappa shape index (κ2) is 4.80. The van der Waals surface area contributed by atoms with Crippen LogP contribution >= 0.6 is 0 Å². The summed E-state index contributed by atoms with van der Waals surface area (Å²) in [6, 6.07) is 5.36. The maximum absolute atomic E-state index is 12.2. The van der Waals surface area contributed by atoms with Crippen LogP contribution in [0.15, 0.2) is 23.1 Å². The molecule has 0 radical (unpaired) electrons. The first kappa shape index (κ1) is 12.9. The Labute approximate surface area is 114 Å². The number of rotatable bonds is 5. The summed E-state index contributed by atoms with van der Waals surface area (Å²) in [5.41, 5.74) is 2.16. The monoisotopic (exact) mass is 280 g/mol. The Bertz CT molecular complexity index is 579. The van der Waals surface area contributed by atoms with E-state index in [1.807, 2.05) is 6.07 Å². The molecule has 1 fully saturated rings. The van der Waals surface area contributed by atoms with E-state index in [1.54, 1.807) is 12.1 Å². The predicted octanol–water partition coefficient (Wildman–Crippen LogP) is 1.98. The molecule has 0 spiro atoms. The van der Waals surface area contributed by atoms with Crippen molar-refractivity contribution >= 4 is 15.7 Å². The van der Waals surface area contributed by atoms with Crippen molar-refractivity contribution in [1.82, 2.24) is 4.72 Å². The zero-order valence-electron chi connectivity index (χ0n) is 11.1. The van der Waals surface area contributed by atoms with Crippen molar-refractivity contribution in [3.63, 3.8) is 0 Å². The van der Waals surface area contributed by atoms with Crippen LogP contribution in [-0.2, 0) is 16.4 Å². The van der Waals surface area contributed by atoms with Gasteiger partial charge in [-0.25, -0.2) is 13.1 Å². The van der Waals surface area contributed by atoms with Gasteiger partial charge in [-0.15, -0.1) is 0 Å². The van der Waals surface area contributed by atoms with E-state index in [0.717, 1.165) is 18.7 Å². The molecule has 104 valence electrons. The van der Waals surface area contributed by atoms with E-state index in [-0.39, 0.29) is 0 Å². The van der Waals surface area contributed by atoms with Crippen molar-refractivity contribution in [2.45, 2.75) is 31.1 Å². The highest BCUT2D eigenvalue weighted by Crippen LogP contribution is 2.36. The lowest BCUT2D eigenvalue weighted by Crippen LogP contribution is -2.29. The molecule has 3 rings (SSSR count). The number of anilines is 1. The van der Waals surface area contributed by atoms with E-state index in [4.69, 9.17) is 0 Å². The molecule has 1 aliphatic heterocycles. The summed E-state index contributed by atoms with van der Waals surface area (Å²) in [6.07, 6.45) is 3.46. The van der Waals surface area contributed by atoms with Crippen molar-refractivity contribution in [2.75, 3.05) is 18.4 Å². The maximum atomic E-state index is 12.2. The maximum Gasteiger partial charge on any atom is 0.240 e. The number of hydrogen-bond acceptors (Lipinski definition) is 3. The third-order valence-electron chi connectivity index (χ3n) is 4.12. The summed E-state index contributed by atoms with van der Waals surface area (Å²) < 4.78 is 27.2. The Morgan fingerprint density at radius 1 is 1.42 bits per heavy atom. The molecule has 4 nitrogen and oxygen atoms in total. The molecule has 0 aromatic heterocycles. The highest BCUT2D eigenvalue weighted by Gasteiger charge is 2.29. The van der Waals surface area contributed by atoms with Gasteiger partial charge >= 0.3 is 0 Å². The van der Waals surface area contributed by atoms with Crippen LogP contribution in [0.2, 0.25) is 0 Å². The Morgan fingerprint density at radius 2 is 2.21 bits per heavy atom. The SMILES string of the molecule is CC(CNS(=O)(=O)c1ccc2c(c1)NCC2)C1CC1. The van der Waals surface area contributed by atoms with Crippen LogP contribution in [0.1, 0.15) is 25.3 Å². The van der Waals surface area contributed by atoms with E-state index in [9.17, 15) is 8.42 Å². The van der Waals surface area contributed by atoms with Gasteiger partial charge in [-0.1, -0.05) is 13.0 Å². The van der Waals surface area contributed by atoms with Gasteiger partial charge in [-0.2, -0.15) is 0 Å². The van der Waals surface area contributed by atoms with Gasteiger partial charge in [0.15, 0.2) is 0 Å². The normalized spacial score (nSPS) is 19.8. The molecule has 0 saturated heterocycles. The standard InChI is InChI=1S/C14H20N2O2S/c1-10(11-2-3-11)9-16-19(17,18)13-5-4-12-6-7-15-14(12)8-13/h4-5,8,10-11,15-16H,2-3,6-7,9H2,1H3. The molecular formula is C14H20N2O2S. The number of hydrogen-bond donors (Lipinski definition) is 2. The second-order valence-corrected chi connectivity index (χ2v) is 7.43. The van der Waals surface area contributed by atoms with Crippen molar-refractivity contribution < 1.29 is 8.42 Å². The average Bonchev–Trinajstić information content (AvgIpc) is 3.13. The minimum atomic E-state index is -3.37. The van der Waals surface area contributed by atoms with Crippen LogP contribution < -0.4 is 10.0 Å². The Kier molecular flexibility index (Phi) is 3.27. The van der Waals surface area contributed by atoms with E-state index in [1.165, 1.54) is 18.4 Å². The number of nitrogens with one attached hydrogen (secondary N) is 2. The smallest absolute Gasteiger partial charge is 0.240 e. The van der Waals surface area contributed by atoms with Gasteiger partial charge < -0.3 is 5.32 Å². The lowest BCUT2D eigenvalue weighted by atomic mass is 10.1. The van der Waals surface area contributed by atoms with Crippen LogP contribution in [-0.4, -0.2) is 21.5 Å². The van der Waals surface area contributed by atoms with Crippen LogP contribution in [0.4, 0.5) is 5.69 Å². The van der Waals surface area contributed by atoms with E-state index in [2.05, 4.69) is 17.0 Å². The summed E-state index contributed by atoms with van der Waals surface area (Å²) >= 11 is 0. The van der Waals surface area contributed by atoms with Crippen LogP contribution in [0, 0.1) is 11.8 Å². The number of sulfonamides is 1. The first-order valence-electron chi connectivity index (χ1n) is 6.93. The van der Waals surface area contributed by atoms with Gasteiger partial charge in [0.05, 0.1) is 4.90 Å². The first-order valence-corrected chi connectivity index (χ1v) is 8.41. The fourth-order valence-corrected chi connectivity index (χ4v) is 3.76. The van der Waals surface area contributed by atoms with Crippen molar-refractivity contribution in [2.24, 2.45) is 11.8 Å². The molecule has 1 atom stereocenters. The van der Waals surface area contributed by atoms with Gasteiger partial charge in [-0.05, 0) is 48.8 Å². The van der Waals surface area contributed by atoms with Gasteiger partial charge in [0.1, 0.15) is 0 Å². The number of benzene rings is 1. The molecule has 19 heavy (non-hydrogen) atoms. The largest absolute Gasteiger partial charge is 0.384 e. The molecule has 1 heterocycles. The summed E-state index contributed by atoms with van der Waals surface area (Å²) in [5, 5.41) is 3.21. The highest BCUT2D eigenvalue weighted by atomic mass is 32.2. The summed E-state index contributed by atoms with van der Waals surface area (Å²) in [6.45, 7) is 3.55. The molecule has 1 aromatic rings. The minimum Gasteiger partial charge on any atom is -0.384 e. The highest BCUT2D eigenvalue weighted by molar-refractivity contribution is 7.89. The third kappa shape index (κ3) is 2.77. The molecule has 1 aromatic carbocycles. The third-order valence-corrected chi connectivity index (χ3v) is 5.54. The zero-order valence-corrected chi connectivity index (χ0v) is 12.0. The lowest BCUT2D eigenvalue weighted by Gasteiger charge is -2.12. The van der Waals surface area contributed by atoms with Gasteiger partial charge in [0.2, 0.25) is 10.0 Å². The van der Waals surface area contributed by atoms with Gasteiger partial charge in [-0.3, -0.25) is 0 Å². The number of fused-ring (bicyclic) bond motifs is 1. The Balaban J connectivity index is 1.72. The van der Waals surface area contributed by atoms with E-state index < -0.39 is 10.0 Å². The fourth-order valence-electron chi connectivity index (χ4n) is 2.59. The molecule has 2 N–H and O–H groups in total. The average molecular weight is 280 g/mol. The summed E-state index contributed by atoms with van der Waals surface area (Å²) in [4.78, 5) is 0.364. The van der Waals surface area contributed by atoms with Crippen molar-refractivity contribution in [3.8, 4) is 0 Å². The first-order chi connectivity index (χ1) is 9.06. The quantitative estimate of drug-likeness (QED) is 0.867. The lowest BCUT2D eigenvalue weighted by molar-refractivity contribution is 0.492. The predicted molar refractivity (Wildman–Crippen MR) is 75.7 cm³/mol. The summed E-state index contributed by atoms with van der Waals surface area (Å²) in [7, 11) is -3.37. The fraction of sp³-hybridized carbons (Fsp3) is 0.571. The zero-order chi connectivity index (χ0) is 13.5. The van der Waals surface area contributed by atoms with Crippen LogP contribution in [0.5, 0.6) is 0 Å². The molecule has 1 saturated carbocycles. The molecule has 0 amide bonds. The second-order valence-electron chi connectivity index (χ2n) is 5.66. The van der Waals surface area contributed by atoms with Gasteiger partial charge in [0, 0.05) is 18.8 Å². The van der Waals surface area contributed by atoms with Crippen molar-refractivity contribution in [1.29, 1.82) is 0 Å². The van der Waals surface area contributed by atoms with E-state index >= 15 is 0 Å². The molecular weight excluding hydrogens is 260 g/mol. The molecule has 0 bridgehead atoms. The topological polar surface area (TPSA) is 58.2 Å². The molecule has 1 aliphatic carbocycles.